The Bertz CT molecular complexity index is 2470. The van der Waals surface area contributed by atoms with Crippen LogP contribution >= 0.6 is 11.8 Å². The van der Waals surface area contributed by atoms with Crippen molar-refractivity contribution < 1.29 is 63.3 Å². The average Bonchev–Trinajstić information content (AvgIpc) is 3.45. The Hall–Kier alpha value is -7.56. The summed E-state index contributed by atoms with van der Waals surface area (Å²) in [5, 5.41) is 51.5. The molecule has 0 aliphatic rings. The summed E-state index contributed by atoms with van der Waals surface area (Å²) in [5.41, 5.74) is 28.9. The molecule has 21 N–H and O–H groups in total. The number of carboxylic acids is 1. The lowest BCUT2D eigenvalue weighted by Gasteiger charge is -2.31. The number of unbranched alkanes of at least 4 members (excludes halogenated alkanes) is 1. The van der Waals surface area contributed by atoms with Gasteiger partial charge in [0.05, 0.1) is 18.6 Å². The van der Waals surface area contributed by atoms with Gasteiger partial charge in [0.25, 0.3) is 0 Å². The highest BCUT2D eigenvalue weighted by atomic mass is 32.2. The molecule has 28 heteroatoms. The number of aliphatic carboxylic acids is 1. The van der Waals surface area contributed by atoms with Crippen LogP contribution in [0.1, 0.15) is 104 Å². The largest absolute Gasteiger partial charge is 0.508 e. The molecule has 2 rings (SSSR count). The topological polar surface area (TPSA) is 470 Å². The Morgan fingerprint density at radius 3 is 1.48 bits per heavy atom. The second kappa shape index (κ2) is 37.5. The van der Waals surface area contributed by atoms with Crippen molar-refractivity contribution in [2.45, 2.75) is 166 Å². The molecule has 0 saturated heterocycles. The van der Waals surface area contributed by atoms with Crippen LogP contribution < -0.4 is 71.2 Å². The van der Waals surface area contributed by atoms with Gasteiger partial charge in [-0.3, -0.25) is 48.1 Å². The number of benzene rings is 2. The highest BCUT2D eigenvalue weighted by Gasteiger charge is 2.38. The van der Waals surface area contributed by atoms with Gasteiger partial charge < -0.3 is 86.5 Å². The summed E-state index contributed by atoms with van der Waals surface area (Å²) >= 11 is 1.39. The Kier molecular flexibility index (Phi) is 32.3. The lowest BCUT2D eigenvalue weighted by molar-refractivity contribution is -0.142. The third-order valence-electron chi connectivity index (χ3n) is 13.7. The van der Waals surface area contributed by atoms with Gasteiger partial charge in [-0.15, -0.1) is 0 Å². The Morgan fingerprint density at radius 1 is 0.554 bits per heavy atom. The highest BCUT2D eigenvalue weighted by Crippen LogP contribution is 2.16. The fourth-order valence-electron chi connectivity index (χ4n) is 8.38. The number of thioether (sulfide) groups is 1. The number of aromatic hydroxyl groups is 1. The number of hydrogen-bond acceptors (Lipinski definition) is 16. The van der Waals surface area contributed by atoms with Gasteiger partial charge in [0.2, 0.25) is 53.2 Å². The molecule has 27 nitrogen and oxygen atoms in total. The van der Waals surface area contributed by atoms with Gasteiger partial charge in [-0.1, -0.05) is 83.0 Å². The minimum absolute atomic E-state index is 0.0158. The Labute approximate surface area is 488 Å². The molecule has 9 amide bonds. The first-order valence-electron chi connectivity index (χ1n) is 27.7. The van der Waals surface area contributed by atoms with Crippen LogP contribution in [-0.2, 0) is 60.8 Å². The molecule has 2 aromatic rings. The van der Waals surface area contributed by atoms with Crippen LogP contribution in [-0.4, -0.2) is 166 Å². The molecule has 0 aromatic heterocycles. The van der Waals surface area contributed by atoms with Gasteiger partial charge in [0.1, 0.15) is 54.1 Å². The number of primary amides is 1. The first kappa shape index (κ1) is 71.5. The fourth-order valence-corrected chi connectivity index (χ4v) is 8.85. The fraction of sp³-hybridized carbons (Fsp3) is 0.582. The minimum Gasteiger partial charge on any atom is -0.508 e. The Balaban J connectivity index is 2.53. The Morgan fingerprint density at radius 2 is 0.988 bits per heavy atom. The van der Waals surface area contributed by atoms with Crippen molar-refractivity contribution in [1.82, 2.24) is 42.5 Å². The van der Waals surface area contributed by atoms with Crippen LogP contribution in [0, 0.1) is 11.8 Å². The van der Waals surface area contributed by atoms with E-state index >= 15 is 0 Å². The van der Waals surface area contributed by atoms with Crippen molar-refractivity contribution in [2.24, 2.45) is 45.5 Å². The van der Waals surface area contributed by atoms with Crippen molar-refractivity contribution in [3.05, 3.63) is 65.7 Å². The quantitative estimate of drug-likeness (QED) is 0.0191. The molecule has 0 aliphatic carbocycles. The highest BCUT2D eigenvalue weighted by molar-refractivity contribution is 7.98. The monoisotopic (exact) mass is 1180 g/mol. The van der Waals surface area contributed by atoms with Crippen molar-refractivity contribution in [3.63, 3.8) is 0 Å². The van der Waals surface area contributed by atoms with E-state index < -0.39 is 138 Å². The number of rotatable bonds is 39. The molecule has 462 valence electrons. The van der Waals surface area contributed by atoms with Crippen LogP contribution in [0.5, 0.6) is 5.75 Å². The zero-order chi connectivity index (χ0) is 62.3. The van der Waals surface area contributed by atoms with E-state index in [-0.39, 0.29) is 63.3 Å². The molecule has 0 bridgehead atoms. The number of amides is 9. The summed E-state index contributed by atoms with van der Waals surface area (Å²) in [6.45, 7) is 8.39. The van der Waals surface area contributed by atoms with Crippen molar-refractivity contribution in [2.75, 3.05) is 25.1 Å². The summed E-state index contributed by atoms with van der Waals surface area (Å²) in [5.74, 6) is -10.1. The number of nitrogens with zero attached hydrogens (tertiary/aromatic N) is 1. The van der Waals surface area contributed by atoms with Crippen LogP contribution in [0.2, 0.25) is 0 Å². The lowest BCUT2D eigenvalue weighted by Crippen LogP contribution is -2.63. The molecule has 83 heavy (non-hydrogen) atoms. The molecule has 0 heterocycles. The van der Waals surface area contributed by atoms with Crippen LogP contribution in [0.25, 0.3) is 0 Å². The van der Waals surface area contributed by atoms with Gasteiger partial charge in [-0.05, 0) is 99.1 Å². The van der Waals surface area contributed by atoms with Crippen molar-refractivity contribution in [3.8, 4) is 5.75 Å². The molecular formula is C55H88N14O13S. The third kappa shape index (κ3) is 26.1. The number of carboxylic acid groups (broad SMARTS) is 1. The zero-order valence-electron chi connectivity index (χ0n) is 48.2. The van der Waals surface area contributed by atoms with Gasteiger partial charge in [0, 0.05) is 19.4 Å². The van der Waals surface area contributed by atoms with Gasteiger partial charge in [-0.25, -0.2) is 4.79 Å². The summed E-state index contributed by atoms with van der Waals surface area (Å²) in [7, 11) is 0. The molecule has 0 saturated carbocycles. The number of nitrogens with two attached hydrogens (primary N) is 5. The van der Waals surface area contributed by atoms with Crippen LogP contribution in [0.4, 0.5) is 0 Å². The number of guanidine groups is 1. The molecule has 12 atom stereocenters. The summed E-state index contributed by atoms with van der Waals surface area (Å²) in [4.78, 5) is 140. The predicted octanol–water partition coefficient (Wildman–Crippen LogP) is -2.25. The van der Waals surface area contributed by atoms with Crippen LogP contribution in [0.15, 0.2) is 59.6 Å². The second-order valence-electron chi connectivity index (χ2n) is 20.5. The summed E-state index contributed by atoms with van der Waals surface area (Å²) in [6, 6.07) is 1.63. The number of aliphatic hydroxyl groups is 1. The third-order valence-corrected chi connectivity index (χ3v) is 14.4. The van der Waals surface area contributed by atoms with E-state index in [1.807, 2.05) is 0 Å². The van der Waals surface area contributed by atoms with E-state index in [1.165, 1.54) is 43.0 Å². The number of carbonyl (C=O) groups is 10. The smallest absolute Gasteiger partial charge is 0.326 e. The number of phenols is 1. The molecule has 0 fully saturated rings. The van der Waals surface area contributed by atoms with E-state index in [2.05, 4.69) is 47.5 Å². The standard InChI is InChI=1S/C55H88N14O13S/c1-7-30(3)43(51(78)63-38(18-14-25-61-55(59)60)47(74)64-39(54(81)82)23-26-83-6)67-48(75)37(17-12-13-24-56)62-49(76)40(27-33-15-10-9-11-16-33)66-52(79)44(31(4)8-2)68-53(80)45(32(5)70)69-50(77)41(28-34-19-21-35(71)22-20-34)65-46(73)36(57)29-42(58)72/h9-11,15-16,19-22,30-32,36-41,43-45,70-71H,7-8,12-14,17-18,23-29,56-57H2,1-6H3,(H2,58,72)(H,62,76)(H,63,78)(H,64,74)(H,65,73)(H,66,79)(H,67,75)(H,68,80)(H,69,77)(H,81,82)(H4,59,60,61)/t30-,31-,32+,36-,37-,38-,39-,40-,41-,43-,44-,45-/m0/s1. The average molecular weight is 1190 g/mol. The maximum Gasteiger partial charge on any atom is 0.326 e. The number of aliphatic hydroxyl groups excluding tert-OH is 1. The molecule has 0 aliphatic heterocycles. The number of nitrogens with one attached hydrogen (secondary N) is 8. The van der Waals surface area contributed by atoms with Crippen LogP contribution in [0.3, 0.4) is 0 Å². The normalized spacial score (nSPS) is 15.4. The molecule has 2 aromatic carbocycles. The van der Waals surface area contributed by atoms with E-state index in [0.29, 0.717) is 42.6 Å². The maximum atomic E-state index is 14.7. The first-order chi connectivity index (χ1) is 39.3. The number of hydrogen-bond donors (Lipinski definition) is 16. The molecular weight excluding hydrogens is 1100 g/mol. The number of phenolic OH excluding ortho intramolecular Hbond substituents is 1. The van der Waals surface area contributed by atoms with Gasteiger partial charge in [0.15, 0.2) is 5.96 Å². The minimum atomic E-state index is -1.74. The molecule has 0 unspecified atom stereocenters. The van der Waals surface area contributed by atoms with Gasteiger partial charge in [-0.2, -0.15) is 11.8 Å². The SMILES string of the molecule is CC[C@H](C)[C@H](NC(=O)[C@H](CCCCN)NC(=O)[C@H](Cc1ccccc1)NC(=O)[C@@H](NC(=O)[C@@H](NC(=O)[C@H](Cc1ccc(O)cc1)NC(=O)[C@@H](N)CC(N)=O)[C@@H](C)O)[C@@H](C)CC)C(=O)N[C@@H](CCCN=C(N)N)C(=O)N[C@@H](CCSC)C(=O)O. The van der Waals surface area contributed by atoms with E-state index in [1.54, 1.807) is 64.3 Å². The van der Waals surface area contributed by atoms with Crippen molar-refractivity contribution in [1.29, 1.82) is 0 Å². The first-order valence-corrected chi connectivity index (χ1v) is 29.1. The van der Waals surface area contributed by atoms with E-state index in [0.717, 1.165) is 0 Å². The van der Waals surface area contributed by atoms with Crippen molar-refractivity contribution >= 4 is 76.9 Å². The number of carbonyl (C=O) groups excluding carboxylic acids is 9. The lowest BCUT2D eigenvalue weighted by atomic mass is 9.96. The van der Waals surface area contributed by atoms with E-state index in [4.69, 9.17) is 28.7 Å². The predicted molar refractivity (Wildman–Crippen MR) is 313 cm³/mol. The molecule has 0 radical (unpaired) electrons. The van der Waals surface area contributed by atoms with Gasteiger partial charge >= 0.3 is 5.97 Å². The second-order valence-corrected chi connectivity index (χ2v) is 21.5. The maximum absolute atomic E-state index is 14.7. The summed E-state index contributed by atoms with van der Waals surface area (Å²) < 4.78 is 0. The zero-order valence-corrected chi connectivity index (χ0v) is 49.0. The number of aliphatic imine (C=N–C) groups is 1. The van der Waals surface area contributed by atoms with E-state index in [9.17, 15) is 63.3 Å². The molecule has 0 spiro atoms. The summed E-state index contributed by atoms with van der Waals surface area (Å²) in [6.07, 6.45) is 1.05.